The highest BCUT2D eigenvalue weighted by molar-refractivity contribution is 7.59. The first-order valence-electron chi connectivity index (χ1n) is 16.3. The molecule has 5 rings (SSSR count). The number of amides is 3. The molecule has 0 aromatic heterocycles. The smallest absolute Gasteiger partial charge is 0.229 e. The van der Waals surface area contributed by atoms with Crippen molar-refractivity contribution in [3.05, 3.63) is 125 Å². The zero-order chi connectivity index (χ0) is 36.8. The number of alkyl halides is 1. The van der Waals surface area contributed by atoms with Crippen LogP contribution in [0.2, 0.25) is 0 Å². The van der Waals surface area contributed by atoms with E-state index in [0.717, 1.165) is 22.4 Å². The largest absolute Gasteiger partial charge is 0.489 e. The van der Waals surface area contributed by atoms with E-state index in [9.17, 15) is 28.0 Å². The summed E-state index contributed by atoms with van der Waals surface area (Å²) in [5, 5.41) is 5.42. The van der Waals surface area contributed by atoms with Crippen LogP contribution in [0.3, 0.4) is 0 Å². The van der Waals surface area contributed by atoms with Gasteiger partial charge >= 0.3 is 0 Å². The summed E-state index contributed by atoms with van der Waals surface area (Å²) in [6, 6.07) is 26.3. The SMILES string of the molecule is CC(=O)NC(CCl)CC(=O)Cc1ccc(OCc2cccc(F)c2)cc1.CC(=O)NC1CC(=O)N(c2ccc(OCc3cccc(F)c3)cc2)C1.S.S. The molecule has 0 radical (unpaired) electrons. The molecule has 14 heteroatoms. The zero-order valence-electron chi connectivity index (χ0n) is 29.4. The van der Waals surface area contributed by atoms with Crippen LogP contribution in [0.4, 0.5) is 14.5 Å². The fourth-order valence-corrected chi connectivity index (χ4v) is 5.55. The second-order valence-corrected chi connectivity index (χ2v) is 12.4. The minimum Gasteiger partial charge on any atom is -0.489 e. The maximum atomic E-state index is 13.1. The van der Waals surface area contributed by atoms with Crippen molar-refractivity contribution in [1.29, 1.82) is 0 Å². The highest BCUT2D eigenvalue weighted by atomic mass is 35.5. The molecule has 0 aliphatic carbocycles. The number of nitrogens with zero attached hydrogens (tertiary/aromatic N) is 1. The van der Waals surface area contributed by atoms with Crippen molar-refractivity contribution in [1.82, 2.24) is 10.6 Å². The lowest BCUT2D eigenvalue weighted by molar-refractivity contribution is -0.122. The Morgan fingerprint density at radius 2 is 1.32 bits per heavy atom. The van der Waals surface area contributed by atoms with Gasteiger partial charge < -0.3 is 25.0 Å². The summed E-state index contributed by atoms with van der Waals surface area (Å²) in [6.07, 6.45) is 0.759. The van der Waals surface area contributed by atoms with Crippen molar-refractivity contribution < 1.29 is 37.4 Å². The highest BCUT2D eigenvalue weighted by Gasteiger charge is 2.31. The number of ketones is 1. The maximum absolute atomic E-state index is 13.1. The molecule has 1 saturated heterocycles. The Bertz CT molecular complexity index is 1800. The average Bonchev–Trinajstić information content (AvgIpc) is 3.45. The van der Waals surface area contributed by atoms with Gasteiger partial charge in [0.25, 0.3) is 0 Å². The van der Waals surface area contributed by atoms with Gasteiger partial charge in [0.05, 0.1) is 6.04 Å². The van der Waals surface area contributed by atoms with Crippen molar-refractivity contribution in [3.8, 4) is 11.5 Å². The predicted molar refractivity (Wildman–Crippen MR) is 211 cm³/mol. The van der Waals surface area contributed by atoms with Crippen LogP contribution in [0.1, 0.15) is 43.4 Å². The fourth-order valence-electron chi connectivity index (χ4n) is 5.36. The number of anilines is 1. The van der Waals surface area contributed by atoms with Crippen molar-refractivity contribution >= 4 is 67.8 Å². The van der Waals surface area contributed by atoms with Crippen molar-refractivity contribution in [3.63, 3.8) is 0 Å². The van der Waals surface area contributed by atoms with Gasteiger partial charge in [0.2, 0.25) is 17.7 Å². The Kier molecular flexibility index (Phi) is 18.9. The van der Waals surface area contributed by atoms with E-state index in [4.69, 9.17) is 21.1 Å². The van der Waals surface area contributed by atoms with Gasteiger partial charge in [-0.3, -0.25) is 19.2 Å². The van der Waals surface area contributed by atoms with E-state index in [1.54, 1.807) is 65.6 Å². The Morgan fingerprint density at radius 3 is 1.79 bits per heavy atom. The molecule has 3 amide bonds. The summed E-state index contributed by atoms with van der Waals surface area (Å²) in [5.74, 6) is 0.514. The highest BCUT2D eigenvalue weighted by Crippen LogP contribution is 2.25. The average molecular weight is 788 g/mol. The molecule has 2 unspecified atom stereocenters. The van der Waals surface area contributed by atoms with Crippen LogP contribution >= 0.6 is 38.6 Å². The molecule has 2 N–H and O–H groups in total. The first kappa shape index (κ1) is 44.6. The molecule has 9 nitrogen and oxygen atoms in total. The van der Waals surface area contributed by atoms with Gasteiger partial charge in [0, 0.05) is 57.3 Å². The van der Waals surface area contributed by atoms with Crippen LogP contribution in [-0.4, -0.2) is 48.0 Å². The van der Waals surface area contributed by atoms with Crippen LogP contribution in [-0.2, 0) is 38.8 Å². The molecule has 53 heavy (non-hydrogen) atoms. The standard InChI is InChI=1S/C20H21ClFNO3.C19H19FN2O3.2H2S/c1-14(24)23-18(12-21)11-19(25)10-15-5-7-20(8-6-15)26-13-16-3-2-4-17(22)9-16;1-13(23)21-16-10-19(24)22(11-16)17-5-7-18(8-6-17)25-12-14-3-2-4-15(20)9-14;;/h2-9,18H,10-13H2,1H3,(H,23,24);2-9,16H,10-12H2,1H3,(H,21,23);2*1H2. The minimum atomic E-state index is -0.351. The maximum Gasteiger partial charge on any atom is 0.229 e. The van der Waals surface area contributed by atoms with Crippen LogP contribution in [0.15, 0.2) is 97.1 Å². The number of hydrogen-bond donors (Lipinski definition) is 2. The fraction of sp³-hybridized carbons (Fsp3) is 0.282. The van der Waals surface area contributed by atoms with Gasteiger partial charge in [0.1, 0.15) is 42.1 Å². The molecule has 4 aromatic rings. The first-order chi connectivity index (χ1) is 24.5. The number of nitrogens with one attached hydrogen (secondary N) is 2. The van der Waals surface area contributed by atoms with E-state index >= 15 is 0 Å². The lowest BCUT2D eigenvalue weighted by atomic mass is 10.0. The summed E-state index contributed by atoms with van der Waals surface area (Å²) in [5.41, 5.74) is 3.10. The van der Waals surface area contributed by atoms with Crippen molar-refractivity contribution in [2.75, 3.05) is 17.3 Å². The summed E-state index contributed by atoms with van der Waals surface area (Å²) >= 11 is 5.77. The predicted octanol–water partition coefficient (Wildman–Crippen LogP) is 6.52. The number of carbonyl (C=O) groups excluding carboxylic acids is 4. The van der Waals surface area contributed by atoms with Gasteiger partial charge in [-0.25, -0.2) is 8.78 Å². The minimum absolute atomic E-state index is 0. The number of benzene rings is 4. The van der Waals surface area contributed by atoms with E-state index < -0.39 is 0 Å². The molecule has 0 spiro atoms. The van der Waals surface area contributed by atoms with Crippen LogP contribution in [0.5, 0.6) is 11.5 Å². The third kappa shape index (κ3) is 15.5. The molecule has 2 atom stereocenters. The molecule has 4 aromatic carbocycles. The summed E-state index contributed by atoms with van der Waals surface area (Å²) < 4.78 is 37.5. The monoisotopic (exact) mass is 787 g/mol. The topological polar surface area (TPSA) is 114 Å². The van der Waals surface area contributed by atoms with Crippen molar-refractivity contribution in [2.24, 2.45) is 0 Å². The Labute approximate surface area is 327 Å². The number of hydrogen-bond acceptors (Lipinski definition) is 6. The van der Waals surface area contributed by atoms with E-state index in [2.05, 4.69) is 10.6 Å². The second-order valence-electron chi connectivity index (χ2n) is 12.1. The third-order valence-electron chi connectivity index (χ3n) is 7.66. The molecular formula is C39H44ClF2N3O6S2. The van der Waals surface area contributed by atoms with Crippen LogP contribution < -0.4 is 25.0 Å². The molecule has 1 heterocycles. The number of halogens is 3. The second kappa shape index (κ2) is 22.5. The lowest BCUT2D eigenvalue weighted by Crippen LogP contribution is -2.36. The molecule has 0 saturated carbocycles. The van der Waals surface area contributed by atoms with Crippen LogP contribution in [0, 0.1) is 11.6 Å². The number of ether oxygens (including phenoxy) is 2. The lowest BCUT2D eigenvalue weighted by Gasteiger charge is -2.17. The van der Waals surface area contributed by atoms with Gasteiger partial charge in [-0.05, 0) is 77.4 Å². The molecule has 0 bridgehead atoms. The van der Waals surface area contributed by atoms with Crippen LogP contribution in [0.25, 0.3) is 0 Å². The number of Topliss-reactive ketones (excluding diaryl/α,β-unsaturated/α-hetero) is 1. The van der Waals surface area contributed by atoms with Gasteiger partial charge in [-0.2, -0.15) is 27.0 Å². The molecule has 1 aliphatic heterocycles. The summed E-state index contributed by atoms with van der Waals surface area (Å²) in [7, 11) is 0. The zero-order valence-corrected chi connectivity index (χ0v) is 32.1. The first-order valence-corrected chi connectivity index (χ1v) is 16.9. The summed E-state index contributed by atoms with van der Waals surface area (Å²) in [6.45, 7) is 3.83. The number of carbonyl (C=O) groups is 4. The summed E-state index contributed by atoms with van der Waals surface area (Å²) in [4.78, 5) is 48.0. The van der Waals surface area contributed by atoms with E-state index in [-0.39, 0.29) is 106 Å². The third-order valence-corrected chi connectivity index (χ3v) is 8.03. The Hall–Kier alpha value is -4.59. The number of rotatable bonds is 14. The molecule has 1 fully saturated rings. The van der Waals surface area contributed by atoms with Gasteiger partial charge in [-0.15, -0.1) is 11.6 Å². The van der Waals surface area contributed by atoms with E-state index in [1.165, 1.54) is 38.1 Å². The Balaban J connectivity index is 0.000000354. The normalized spacial score (nSPS) is 13.6. The van der Waals surface area contributed by atoms with E-state index in [1.807, 2.05) is 12.1 Å². The van der Waals surface area contributed by atoms with E-state index in [0.29, 0.717) is 24.5 Å². The Morgan fingerprint density at radius 1 is 0.792 bits per heavy atom. The quantitative estimate of drug-likeness (QED) is 0.141. The van der Waals surface area contributed by atoms with Gasteiger partial charge in [-0.1, -0.05) is 36.4 Å². The van der Waals surface area contributed by atoms with Crippen molar-refractivity contribution in [2.45, 2.75) is 58.4 Å². The molecule has 1 aliphatic rings. The molecular weight excluding hydrogens is 744 g/mol. The van der Waals surface area contributed by atoms with Gasteiger partial charge in [0.15, 0.2) is 0 Å². The molecule has 284 valence electrons.